The van der Waals surface area contributed by atoms with Crippen LogP contribution in [0.2, 0.25) is 0 Å². The predicted octanol–water partition coefficient (Wildman–Crippen LogP) is 5.21. The van der Waals surface area contributed by atoms with Crippen molar-refractivity contribution in [2.45, 2.75) is 50.0 Å². The number of hydrogen-bond donors (Lipinski definition) is 2. The first-order valence-corrected chi connectivity index (χ1v) is 12.9. The molecular formula is C26H33F3N5P. The molecule has 5 rings (SSSR count). The fourth-order valence-electron chi connectivity index (χ4n) is 5.64. The molecule has 0 amide bonds. The molecule has 9 heteroatoms. The van der Waals surface area contributed by atoms with Crippen molar-refractivity contribution >= 4 is 25.8 Å². The van der Waals surface area contributed by atoms with E-state index < -0.39 is 5.66 Å². The quantitative estimate of drug-likeness (QED) is 0.414. The third-order valence-electron chi connectivity index (χ3n) is 7.23. The Hall–Kier alpha value is -2.15. The minimum absolute atomic E-state index is 0.0634. The summed E-state index contributed by atoms with van der Waals surface area (Å²) in [7, 11) is 1.68. The zero-order chi connectivity index (χ0) is 24.6. The van der Waals surface area contributed by atoms with E-state index in [1.807, 2.05) is 42.2 Å². The number of pyridine rings is 1. The number of hydrogen-bond acceptors (Lipinski definition) is 4. The maximum Gasteiger partial charge on any atom is 0.271 e. The molecule has 0 spiro atoms. The van der Waals surface area contributed by atoms with E-state index in [1.165, 1.54) is 5.56 Å². The van der Waals surface area contributed by atoms with E-state index in [9.17, 15) is 13.2 Å². The van der Waals surface area contributed by atoms with E-state index in [0.29, 0.717) is 18.9 Å². The molecule has 0 aliphatic carbocycles. The van der Waals surface area contributed by atoms with Gasteiger partial charge in [-0.1, -0.05) is 27.4 Å². The highest BCUT2D eigenvalue weighted by atomic mass is 31.0. The molecule has 1 unspecified atom stereocenters. The fourth-order valence-corrected chi connectivity index (χ4v) is 5.85. The van der Waals surface area contributed by atoms with Gasteiger partial charge in [0.05, 0.1) is 36.8 Å². The monoisotopic (exact) mass is 503 g/mol. The van der Waals surface area contributed by atoms with Crippen LogP contribution >= 0.6 is 9.24 Å². The van der Waals surface area contributed by atoms with Gasteiger partial charge in [-0.05, 0) is 49.9 Å². The van der Waals surface area contributed by atoms with Crippen molar-refractivity contribution < 1.29 is 13.2 Å². The molecule has 2 aliphatic rings. The van der Waals surface area contributed by atoms with Gasteiger partial charge in [0, 0.05) is 48.3 Å². The van der Waals surface area contributed by atoms with Crippen molar-refractivity contribution in [3.8, 4) is 0 Å². The number of fused-ring (bicyclic) bond motifs is 3. The first-order chi connectivity index (χ1) is 16.8. The van der Waals surface area contributed by atoms with Crippen LogP contribution in [-0.2, 0) is 6.42 Å². The summed E-state index contributed by atoms with van der Waals surface area (Å²) in [6.45, 7) is 4.00. The number of aromatic amines is 1. The molecule has 2 aromatic heterocycles. The lowest BCUT2D eigenvalue weighted by Crippen LogP contribution is -2.47. The number of nitrogens with zero attached hydrogens (tertiary/aromatic N) is 3. The molecular weight excluding hydrogens is 470 g/mol. The molecule has 5 nitrogen and oxygen atoms in total. The van der Waals surface area contributed by atoms with Gasteiger partial charge in [-0.2, -0.15) is 0 Å². The maximum absolute atomic E-state index is 14.2. The lowest BCUT2D eigenvalue weighted by Gasteiger charge is -2.41. The number of benzene rings is 1. The summed E-state index contributed by atoms with van der Waals surface area (Å²) in [5, 5.41) is 4.68. The van der Waals surface area contributed by atoms with Crippen molar-refractivity contribution in [1.82, 2.24) is 19.8 Å². The summed E-state index contributed by atoms with van der Waals surface area (Å²) in [5.41, 5.74) is 1.92. The number of nitrogens with one attached hydrogen (secondary N) is 2. The molecule has 188 valence electrons. The predicted molar refractivity (Wildman–Crippen MR) is 138 cm³/mol. The summed E-state index contributed by atoms with van der Waals surface area (Å²) in [5.74, 6) is 0. The Balaban J connectivity index is 1.41. The van der Waals surface area contributed by atoms with E-state index in [1.54, 1.807) is 15.4 Å². The number of rotatable bonds is 8. The SMILES string of the molecule is C[C@@H]1Cc2c([nH]c3ccccc23)[C@@H](c2ccc(N[C@H]3CCN(CCCF)C3)cn2)N1CC(F)(F)P. The number of alkyl halides is 3. The van der Waals surface area contributed by atoms with Crippen LogP contribution < -0.4 is 5.32 Å². The topological polar surface area (TPSA) is 47.2 Å². The zero-order valence-electron chi connectivity index (χ0n) is 20.0. The number of likely N-dealkylation sites (tertiary alicyclic amines) is 1. The standard InChI is InChI=1S/C26H33F3N5P/c1-17-13-21-20-5-2-3-6-22(20)32-24(21)25(34(17)16-26(28,29)35)23-8-7-18(14-30-23)31-19-9-12-33(15-19)11-4-10-27/h2-3,5-8,14,17,19,25,31-32H,4,9-13,15-16,35H2,1H3/t17-,19+,25-/m1/s1. The first-order valence-electron chi connectivity index (χ1n) is 12.3. The Bertz CT molecular complexity index is 1150. The largest absolute Gasteiger partial charge is 0.380 e. The average molecular weight is 504 g/mol. The Morgan fingerprint density at radius 1 is 1.23 bits per heavy atom. The Morgan fingerprint density at radius 3 is 2.80 bits per heavy atom. The highest BCUT2D eigenvalue weighted by molar-refractivity contribution is 7.18. The van der Waals surface area contributed by atoms with Crippen molar-refractivity contribution in [1.29, 1.82) is 0 Å². The molecule has 0 bridgehead atoms. The third-order valence-corrected chi connectivity index (χ3v) is 7.41. The average Bonchev–Trinajstić information content (AvgIpc) is 3.42. The smallest absolute Gasteiger partial charge is 0.271 e. The lowest BCUT2D eigenvalue weighted by molar-refractivity contribution is 0.0186. The molecule has 2 aliphatic heterocycles. The van der Waals surface area contributed by atoms with E-state index in [4.69, 9.17) is 4.98 Å². The molecule has 1 saturated heterocycles. The molecule has 2 N–H and O–H groups in total. The van der Waals surface area contributed by atoms with Gasteiger partial charge < -0.3 is 15.2 Å². The molecule has 4 atom stereocenters. The zero-order valence-corrected chi connectivity index (χ0v) is 21.1. The van der Waals surface area contributed by atoms with Crippen LogP contribution in [0.3, 0.4) is 0 Å². The summed E-state index contributed by atoms with van der Waals surface area (Å²) in [6, 6.07) is 11.9. The number of anilines is 1. The Labute approximate surface area is 206 Å². The highest BCUT2D eigenvalue weighted by Gasteiger charge is 2.40. The number of H-pyrrole nitrogens is 1. The van der Waals surface area contributed by atoms with Gasteiger partial charge in [0.1, 0.15) is 0 Å². The second kappa shape index (κ2) is 10.1. The highest BCUT2D eigenvalue weighted by Crippen LogP contribution is 2.42. The second-order valence-corrected chi connectivity index (χ2v) is 10.7. The van der Waals surface area contributed by atoms with Crippen LogP contribution in [0.4, 0.5) is 18.9 Å². The Kier molecular flexibility index (Phi) is 7.06. The fraction of sp³-hybridized carbons (Fsp3) is 0.500. The first kappa shape index (κ1) is 24.5. The molecule has 3 aromatic rings. The maximum atomic E-state index is 14.2. The van der Waals surface area contributed by atoms with Crippen LogP contribution in [0.25, 0.3) is 10.9 Å². The van der Waals surface area contributed by atoms with Crippen molar-refractivity contribution in [3.05, 3.63) is 59.5 Å². The van der Waals surface area contributed by atoms with E-state index in [-0.39, 0.29) is 25.3 Å². The van der Waals surface area contributed by atoms with Crippen molar-refractivity contribution in [2.24, 2.45) is 0 Å². The van der Waals surface area contributed by atoms with Gasteiger partial charge in [-0.3, -0.25) is 14.3 Å². The van der Waals surface area contributed by atoms with Gasteiger partial charge in [0.2, 0.25) is 0 Å². The summed E-state index contributed by atoms with van der Waals surface area (Å²) in [4.78, 5) is 12.4. The summed E-state index contributed by atoms with van der Waals surface area (Å²) >= 11 is 0. The van der Waals surface area contributed by atoms with Crippen LogP contribution in [0.15, 0.2) is 42.6 Å². The third kappa shape index (κ3) is 5.35. The van der Waals surface area contributed by atoms with E-state index in [0.717, 1.165) is 54.0 Å². The molecule has 1 aromatic carbocycles. The molecule has 35 heavy (non-hydrogen) atoms. The molecule has 4 heterocycles. The normalized spacial score (nSPS) is 23.6. The van der Waals surface area contributed by atoms with Crippen LogP contribution in [0, 0.1) is 0 Å². The van der Waals surface area contributed by atoms with Gasteiger partial charge in [0.15, 0.2) is 0 Å². The summed E-state index contributed by atoms with van der Waals surface area (Å²) in [6.07, 6.45) is 4.09. The van der Waals surface area contributed by atoms with Gasteiger partial charge in [-0.15, -0.1) is 0 Å². The van der Waals surface area contributed by atoms with Crippen LogP contribution in [-0.4, -0.2) is 70.4 Å². The van der Waals surface area contributed by atoms with Crippen molar-refractivity contribution in [2.75, 3.05) is 38.2 Å². The minimum atomic E-state index is -2.89. The molecule has 0 saturated carbocycles. The molecule has 0 radical (unpaired) electrons. The van der Waals surface area contributed by atoms with E-state index >= 15 is 0 Å². The Morgan fingerprint density at radius 2 is 2.06 bits per heavy atom. The number of para-hydroxylation sites is 1. The van der Waals surface area contributed by atoms with Crippen LogP contribution in [0.5, 0.6) is 0 Å². The minimum Gasteiger partial charge on any atom is -0.380 e. The van der Waals surface area contributed by atoms with Gasteiger partial charge in [-0.25, -0.2) is 8.78 Å². The van der Waals surface area contributed by atoms with Crippen molar-refractivity contribution in [3.63, 3.8) is 0 Å². The summed E-state index contributed by atoms with van der Waals surface area (Å²) < 4.78 is 40.9. The number of aromatic nitrogens is 2. The number of halogens is 3. The lowest BCUT2D eigenvalue weighted by atomic mass is 9.90. The van der Waals surface area contributed by atoms with E-state index in [2.05, 4.69) is 21.3 Å². The van der Waals surface area contributed by atoms with Gasteiger partial charge >= 0.3 is 0 Å². The van der Waals surface area contributed by atoms with Crippen LogP contribution in [0.1, 0.15) is 42.8 Å². The van der Waals surface area contributed by atoms with Gasteiger partial charge in [0.25, 0.3) is 5.66 Å². The second-order valence-electron chi connectivity index (χ2n) is 9.90. The molecule has 1 fully saturated rings.